The number of carbonyl (C=O) groups is 1. The van der Waals surface area contributed by atoms with E-state index in [0.29, 0.717) is 17.7 Å². The summed E-state index contributed by atoms with van der Waals surface area (Å²) in [5.74, 6) is 1.36. The van der Waals surface area contributed by atoms with Gasteiger partial charge in [-0.05, 0) is 44.6 Å². The average Bonchev–Trinajstić information content (AvgIpc) is 3.16. The summed E-state index contributed by atoms with van der Waals surface area (Å²) in [5.41, 5.74) is 0. The summed E-state index contributed by atoms with van der Waals surface area (Å²) in [5, 5.41) is 3.21. The molecule has 1 heterocycles. The number of rotatable bonds is 4. The summed E-state index contributed by atoms with van der Waals surface area (Å²) in [6.07, 6.45) is 10.1. The van der Waals surface area contributed by atoms with Crippen molar-refractivity contribution in [2.45, 2.75) is 57.4 Å². The Balaban J connectivity index is 1.37. The lowest BCUT2D eigenvalue weighted by Crippen LogP contribution is -2.36. The second-order valence-corrected chi connectivity index (χ2v) is 6.46. The van der Waals surface area contributed by atoms with Crippen molar-refractivity contribution in [1.82, 2.24) is 10.2 Å². The van der Waals surface area contributed by atoms with Gasteiger partial charge in [0.25, 0.3) is 0 Å². The summed E-state index contributed by atoms with van der Waals surface area (Å²) in [6, 6.07) is 0.893. The molecule has 1 aliphatic heterocycles. The van der Waals surface area contributed by atoms with Gasteiger partial charge in [-0.3, -0.25) is 4.79 Å². The van der Waals surface area contributed by atoms with Crippen molar-refractivity contribution < 1.29 is 4.79 Å². The van der Waals surface area contributed by atoms with Crippen molar-refractivity contribution in [3.05, 3.63) is 0 Å². The summed E-state index contributed by atoms with van der Waals surface area (Å²) in [4.78, 5) is 14.7. The third-order valence-corrected chi connectivity index (χ3v) is 4.92. The molecule has 1 saturated heterocycles. The normalized spacial score (nSPS) is 30.6. The van der Waals surface area contributed by atoms with Crippen molar-refractivity contribution >= 4 is 5.91 Å². The molecule has 1 atom stereocenters. The Kier molecular flexibility index (Phi) is 3.88. The first kappa shape index (κ1) is 12.5. The van der Waals surface area contributed by atoms with E-state index < -0.39 is 0 Å². The Morgan fingerprint density at radius 3 is 2.56 bits per heavy atom. The maximum atomic E-state index is 12.1. The fraction of sp³-hybridized carbons (Fsp3) is 0.933. The fourth-order valence-electron chi connectivity index (χ4n) is 3.55. The Bertz CT molecular complexity index is 295. The molecule has 0 radical (unpaired) electrons. The van der Waals surface area contributed by atoms with Crippen LogP contribution in [0, 0.1) is 11.8 Å². The topological polar surface area (TPSA) is 32.3 Å². The first-order chi connectivity index (χ1) is 8.83. The van der Waals surface area contributed by atoms with Crippen LogP contribution in [0.25, 0.3) is 0 Å². The molecule has 1 N–H and O–H groups in total. The van der Waals surface area contributed by atoms with E-state index in [1.165, 1.54) is 51.6 Å². The lowest BCUT2D eigenvalue weighted by atomic mass is 9.88. The summed E-state index contributed by atoms with van der Waals surface area (Å²) in [7, 11) is 0. The number of hydrogen-bond donors (Lipinski definition) is 1. The Morgan fingerprint density at radius 2 is 1.83 bits per heavy atom. The molecule has 2 saturated carbocycles. The summed E-state index contributed by atoms with van der Waals surface area (Å²) < 4.78 is 0. The predicted molar refractivity (Wildman–Crippen MR) is 72.3 cm³/mol. The van der Waals surface area contributed by atoms with E-state index in [-0.39, 0.29) is 0 Å². The molecule has 3 nitrogen and oxygen atoms in total. The van der Waals surface area contributed by atoms with Gasteiger partial charge in [0.1, 0.15) is 0 Å². The molecule has 3 rings (SSSR count). The molecule has 0 aromatic heterocycles. The van der Waals surface area contributed by atoms with E-state index >= 15 is 0 Å². The van der Waals surface area contributed by atoms with Crippen LogP contribution in [0.15, 0.2) is 0 Å². The molecule has 0 bridgehead atoms. The molecule has 3 aliphatic rings. The lowest BCUT2D eigenvalue weighted by Gasteiger charge is -2.22. The minimum Gasteiger partial charge on any atom is -0.356 e. The Hall–Kier alpha value is -0.570. The minimum absolute atomic E-state index is 0.319. The van der Waals surface area contributed by atoms with Crippen LogP contribution in [-0.4, -0.2) is 36.5 Å². The number of amides is 1. The van der Waals surface area contributed by atoms with Crippen LogP contribution in [0.3, 0.4) is 0 Å². The molecule has 18 heavy (non-hydrogen) atoms. The summed E-state index contributed by atoms with van der Waals surface area (Å²) >= 11 is 0. The van der Waals surface area contributed by atoms with E-state index in [2.05, 4.69) is 10.2 Å². The van der Waals surface area contributed by atoms with Crippen LogP contribution in [0.4, 0.5) is 0 Å². The van der Waals surface area contributed by atoms with Gasteiger partial charge in [-0.1, -0.05) is 19.3 Å². The van der Waals surface area contributed by atoms with Gasteiger partial charge in [0.05, 0.1) is 0 Å². The molecule has 102 valence electrons. The van der Waals surface area contributed by atoms with Gasteiger partial charge in [-0.15, -0.1) is 0 Å². The molecular weight excluding hydrogens is 224 g/mol. The lowest BCUT2D eigenvalue weighted by molar-refractivity contribution is -0.126. The third-order valence-electron chi connectivity index (χ3n) is 4.92. The van der Waals surface area contributed by atoms with E-state index in [1.54, 1.807) is 0 Å². The zero-order valence-electron chi connectivity index (χ0n) is 11.4. The average molecular weight is 250 g/mol. The Morgan fingerprint density at radius 1 is 1.06 bits per heavy atom. The standard InChI is InChI=1S/C15H26N2O/c18-15(13-4-2-1-3-5-13)16-10-12-8-9-17(11-12)14-6-7-14/h12-14H,1-11H2,(H,16,18). The van der Waals surface area contributed by atoms with Crippen LogP contribution in [0.5, 0.6) is 0 Å². The maximum absolute atomic E-state index is 12.1. The molecule has 0 aromatic carbocycles. The smallest absolute Gasteiger partial charge is 0.223 e. The first-order valence-electron chi connectivity index (χ1n) is 7.84. The van der Waals surface area contributed by atoms with Gasteiger partial charge < -0.3 is 10.2 Å². The summed E-state index contributed by atoms with van der Waals surface area (Å²) in [6.45, 7) is 3.39. The molecule has 1 unspecified atom stereocenters. The zero-order chi connectivity index (χ0) is 12.4. The third kappa shape index (κ3) is 3.05. The minimum atomic E-state index is 0.319. The van der Waals surface area contributed by atoms with Crippen LogP contribution >= 0.6 is 0 Å². The monoisotopic (exact) mass is 250 g/mol. The second-order valence-electron chi connectivity index (χ2n) is 6.46. The second kappa shape index (κ2) is 5.60. The van der Waals surface area contributed by atoms with Gasteiger partial charge in [0.2, 0.25) is 5.91 Å². The van der Waals surface area contributed by atoms with Gasteiger partial charge in [0, 0.05) is 25.0 Å². The molecule has 0 spiro atoms. The quantitative estimate of drug-likeness (QED) is 0.829. The number of nitrogens with zero attached hydrogens (tertiary/aromatic N) is 1. The zero-order valence-corrected chi connectivity index (χ0v) is 11.4. The maximum Gasteiger partial charge on any atom is 0.223 e. The highest BCUT2D eigenvalue weighted by atomic mass is 16.1. The fourth-order valence-corrected chi connectivity index (χ4v) is 3.55. The number of nitrogens with one attached hydrogen (secondary N) is 1. The number of likely N-dealkylation sites (tertiary alicyclic amines) is 1. The van der Waals surface area contributed by atoms with Gasteiger partial charge in [-0.2, -0.15) is 0 Å². The van der Waals surface area contributed by atoms with Crippen molar-refractivity contribution in [2.24, 2.45) is 11.8 Å². The highest BCUT2D eigenvalue weighted by Gasteiger charge is 2.34. The van der Waals surface area contributed by atoms with E-state index in [0.717, 1.165) is 25.4 Å². The molecule has 2 aliphatic carbocycles. The molecular formula is C15H26N2O. The van der Waals surface area contributed by atoms with Crippen LogP contribution < -0.4 is 5.32 Å². The van der Waals surface area contributed by atoms with Crippen LogP contribution in [0.1, 0.15) is 51.4 Å². The van der Waals surface area contributed by atoms with E-state index in [9.17, 15) is 4.79 Å². The number of hydrogen-bond acceptors (Lipinski definition) is 2. The largest absolute Gasteiger partial charge is 0.356 e. The van der Waals surface area contributed by atoms with Gasteiger partial charge in [0.15, 0.2) is 0 Å². The van der Waals surface area contributed by atoms with Crippen molar-refractivity contribution in [2.75, 3.05) is 19.6 Å². The van der Waals surface area contributed by atoms with Gasteiger partial charge >= 0.3 is 0 Å². The molecule has 1 amide bonds. The highest BCUT2D eigenvalue weighted by Crippen LogP contribution is 2.31. The van der Waals surface area contributed by atoms with Crippen LogP contribution in [-0.2, 0) is 4.79 Å². The molecule has 0 aromatic rings. The SMILES string of the molecule is O=C(NCC1CCN(C2CC2)C1)C1CCCCC1. The number of carbonyl (C=O) groups excluding carboxylic acids is 1. The Labute approximate surface area is 110 Å². The van der Waals surface area contributed by atoms with Gasteiger partial charge in [-0.25, -0.2) is 0 Å². The van der Waals surface area contributed by atoms with Crippen molar-refractivity contribution in [1.29, 1.82) is 0 Å². The molecule has 3 fully saturated rings. The van der Waals surface area contributed by atoms with Crippen LogP contribution in [0.2, 0.25) is 0 Å². The van der Waals surface area contributed by atoms with Crippen molar-refractivity contribution in [3.63, 3.8) is 0 Å². The highest BCUT2D eigenvalue weighted by molar-refractivity contribution is 5.78. The van der Waals surface area contributed by atoms with E-state index in [4.69, 9.17) is 0 Å². The van der Waals surface area contributed by atoms with E-state index in [1.807, 2.05) is 0 Å². The predicted octanol–water partition coefficient (Wildman–Crippen LogP) is 2.17. The first-order valence-corrected chi connectivity index (χ1v) is 7.84. The molecule has 3 heteroatoms. The van der Waals surface area contributed by atoms with Crippen molar-refractivity contribution in [3.8, 4) is 0 Å².